The number of fused-ring (bicyclic) bond motifs is 4. The van der Waals surface area contributed by atoms with Crippen LogP contribution >= 0.6 is 0 Å². The molecule has 7 nitrogen and oxygen atoms in total. The highest BCUT2D eigenvalue weighted by atomic mass is 16.3. The Hall–Kier alpha value is -3.74. The topological polar surface area (TPSA) is 95.0 Å². The molecule has 2 saturated heterocycles. The number of hydrogen-bond donors (Lipinski definition) is 1. The largest absolute Gasteiger partial charge is 0.507 e. The van der Waals surface area contributed by atoms with Crippen molar-refractivity contribution in [2.24, 2.45) is 29.1 Å². The number of allylic oxidation sites excluding steroid dienone is 2. The van der Waals surface area contributed by atoms with Gasteiger partial charge in [-0.05, 0) is 68.4 Å². The lowest BCUT2D eigenvalue weighted by molar-refractivity contribution is -0.138. The Morgan fingerprint density at radius 3 is 2.22 bits per heavy atom. The van der Waals surface area contributed by atoms with Crippen molar-refractivity contribution in [2.75, 3.05) is 11.9 Å². The molecule has 4 amide bonds. The van der Waals surface area contributed by atoms with Crippen LogP contribution in [0.1, 0.15) is 42.4 Å². The van der Waals surface area contributed by atoms with Crippen LogP contribution in [0.5, 0.6) is 5.75 Å². The zero-order valence-corrected chi connectivity index (χ0v) is 21.4. The number of aryl methyl sites for hydroxylation is 2. The SMILES string of the molecule is Cc1cc([C@H]2C3=CC[C@@H]4C(=O)N(C)C(=O)[C@@H]4[C@@H]3C[C@H]3C(=O)N(c4ccccc4)C(=O)[C@@]23C)cc(C)c1O. The van der Waals surface area contributed by atoms with Crippen LogP contribution in [0.15, 0.2) is 54.1 Å². The molecule has 0 aromatic heterocycles. The zero-order valence-electron chi connectivity index (χ0n) is 21.4. The summed E-state index contributed by atoms with van der Waals surface area (Å²) in [4.78, 5) is 56.9. The van der Waals surface area contributed by atoms with Crippen LogP contribution in [0, 0.1) is 42.9 Å². The average Bonchev–Trinajstić information content (AvgIpc) is 3.22. The Morgan fingerprint density at radius 2 is 1.57 bits per heavy atom. The number of nitrogens with zero attached hydrogens (tertiary/aromatic N) is 2. The molecule has 2 aromatic rings. The van der Waals surface area contributed by atoms with E-state index in [1.54, 1.807) is 24.3 Å². The maximum atomic E-state index is 14.3. The highest BCUT2D eigenvalue weighted by molar-refractivity contribution is 6.24. The molecule has 2 aliphatic heterocycles. The van der Waals surface area contributed by atoms with Crippen molar-refractivity contribution < 1.29 is 24.3 Å². The van der Waals surface area contributed by atoms with Gasteiger partial charge >= 0.3 is 0 Å². The second kappa shape index (κ2) is 7.88. The normalized spacial score (nSPS) is 32.9. The molecule has 7 heteroatoms. The fourth-order valence-corrected chi connectivity index (χ4v) is 7.53. The molecule has 3 fully saturated rings. The summed E-state index contributed by atoms with van der Waals surface area (Å²) >= 11 is 0. The number of phenolic OH excluding ortho intramolecular Hbond substituents is 1. The molecule has 1 N–H and O–H groups in total. The summed E-state index contributed by atoms with van der Waals surface area (Å²) in [7, 11) is 1.53. The highest BCUT2D eigenvalue weighted by Gasteiger charge is 2.67. The van der Waals surface area contributed by atoms with Gasteiger partial charge in [0.15, 0.2) is 0 Å². The number of imide groups is 2. The smallest absolute Gasteiger partial charge is 0.241 e. The number of amides is 4. The molecular weight excluding hydrogens is 468 g/mol. The minimum atomic E-state index is -1.07. The first-order chi connectivity index (χ1) is 17.6. The predicted molar refractivity (Wildman–Crippen MR) is 136 cm³/mol. The van der Waals surface area contributed by atoms with Crippen molar-refractivity contribution in [1.29, 1.82) is 0 Å². The third kappa shape index (κ3) is 3.00. The average molecular weight is 499 g/mol. The van der Waals surface area contributed by atoms with E-state index in [1.807, 2.05) is 45.0 Å². The Kier molecular flexibility index (Phi) is 5.03. The fourth-order valence-electron chi connectivity index (χ4n) is 7.53. The van der Waals surface area contributed by atoms with E-state index in [0.717, 1.165) is 11.1 Å². The monoisotopic (exact) mass is 498 g/mol. The van der Waals surface area contributed by atoms with Crippen molar-refractivity contribution >= 4 is 29.3 Å². The molecule has 0 spiro atoms. The van der Waals surface area contributed by atoms with Gasteiger partial charge in [0.25, 0.3) is 0 Å². The quantitative estimate of drug-likeness (QED) is 0.501. The van der Waals surface area contributed by atoms with Crippen LogP contribution in [0.3, 0.4) is 0 Å². The lowest BCUT2D eigenvalue weighted by Gasteiger charge is -2.49. The van der Waals surface area contributed by atoms with E-state index in [1.165, 1.54) is 16.8 Å². The Bertz CT molecular complexity index is 1390. The Labute approximate surface area is 215 Å². The number of anilines is 1. The molecule has 4 aliphatic rings. The van der Waals surface area contributed by atoms with Crippen molar-refractivity contribution in [3.05, 3.63) is 70.8 Å². The second-order valence-electron chi connectivity index (χ2n) is 11.2. The van der Waals surface area contributed by atoms with Gasteiger partial charge in [0.1, 0.15) is 5.75 Å². The molecule has 2 aromatic carbocycles. The van der Waals surface area contributed by atoms with Gasteiger partial charge in [-0.15, -0.1) is 0 Å². The van der Waals surface area contributed by atoms with Gasteiger partial charge in [0.05, 0.1) is 28.9 Å². The van der Waals surface area contributed by atoms with Gasteiger partial charge in [0.2, 0.25) is 23.6 Å². The van der Waals surface area contributed by atoms with Gasteiger partial charge in [-0.3, -0.25) is 24.1 Å². The minimum Gasteiger partial charge on any atom is -0.507 e. The molecule has 1 saturated carbocycles. The summed E-state index contributed by atoms with van der Waals surface area (Å²) in [5, 5.41) is 10.5. The first-order valence-corrected chi connectivity index (χ1v) is 12.8. The first kappa shape index (κ1) is 23.6. The van der Waals surface area contributed by atoms with Crippen LogP contribution in [0.4, 0.5) is 5.69 Å². The first-order valence-electron chi connectivity index (χ1n) is 12.8. The van der Waals surface area contributed by atoms with Gasteiger partial charge < -0.3 is 5.11 Å². The molecule has 0 bridgehead atoms. The summed E-state index contributed by atoms with van der Waals surface area (Å²) < 4.78 is 0. The summed E-state index contributed by atoms with van der Waals surface area (Å²) in [5.41, 5.74) is 2.64. The van der Waals surface area contributed by atoms with Crippen molar-refractivity contribution in [3.63, 3.8) is 0 Å². The van der Waals surface area contributed by atoms with Crippen LogP contribution in [0.25, 0.3) is 0 Å². The highest BCUT2D eigenvalue weighted by Crippen LogP contribution is 2.63. The van der Waals surface area contributed by atoms with Crippen LogP contribution in [-0.2, 0) is 19.2 Å². The van der Waals surface area contributed by atoms with E-state index in [4.69, 9.17) is 0 Å². The Balaban J connectivity index is 1.57. The third-order valence-electron chi connectivity index (χ3n) is 9.36. The van der Waals surface area contributed by atoms with Crippen molar-refractivity contribution in [1.82, 2.24) is 4.90 Å². The number of likely N-dealkylation sites (tertiary alicyclic amines) is 1. The van der Waals surface area contributed by atoms with E-state index in [2.05, 4.69) is 0 Å². The number of rotatable bonds is 2. The molecule has 0 radical (unpaired) electrons. The predicted octanol–water partition coefficient (Wildman–Crippen LogP) is 3.87. The summed E-state index contributed by atoms with van der Waals surface area (Å²) in [6, 6.07) is 12.7. The van der Waals surface area contributed by atoms with Crippen LogP contribution < -0.4 is 4.90 Å². The minimum absolute atomic E-state index is 0.175. The summed E-state index contributed by atoms with van der Waals surface area (Å²) in [6.07, 6.45) is 2.82. The Morgan fingerprint density at radius 1 is 0.919 bits per heavy atom. The lowest BCUT2D eigenvalue weighted by atomic mass is 9.51. The number of phenols is 1. The molecule has 2 aliphatic carbocycles. The number of hydrogen-bond acceptors (Lipinski definition) is 5. The maximum Gasteiger partial charge on any atom is 0.241 e. The molecular formula is C30H30N2O5. The molecule has 190 valence electrons. The van der Waals surface area contributed by atoms with Crippen LogP contribution in [0.2, 0.25) is 0 Å². The van der Waals surface area contributed by atoms with E-state index in [0.29, 0.717) is 29.7 Å². The molecule has 0 unspecified atom stereocenters. The van der Waals surface area contributed by atoms with Gasteiger partial charge in [0, 0.05) is 13.0 Å². The third-order valence-corrected chi connectivity index (χ3v) is 9.36. The number of carbonyl (C=O) groups is 4. The van der Waals surface area contributed by atoms with Gasteiger partial charge in [-0.1, -0.05) is 42.0 Å². The molecule has 2 heterocycles. The molecule has 37 heavy (non-hydrogen) atoms. The zero-order chi connectivity index (χ0) is 26.4. The molecule has 6 atom stereocenters. The summed E-state index contributed by atoms with van der Waals surface area (Å²) in [5.74, 6) is -3.08. The van der Waals surface area contributed by atoms with E-state index >= 15 is 0 Å². The lowest BCUT2D eigenvalue weighted by Crippen LogP contribution is -2.48. The van der Waals surface area contributed by atoms with Gasteiger partial charge in [-0.2, -0.15) is 0 Å². The van der Waals surface area contributed by atoms with E-state index in [-0.39, 0.29) is 35.3 Å². The van der Waals surface area contributed by atoms with Gasteiger partial charge in [-0.25, -0.2) is 4.90 Å². The number of benzene rings is 2. The van der Waals surface area contributed by atoms with Crippen LogP contribution in [-0.4, -0.2) is 40.7 Å². The number of para-hydroxylation sites is 1. The molecule has 6 rings (SSSR count). The summed E-state index contributed by atoms with van der Waals surface area (Å²) in [6.45, 7) is 5.52. The number of carbonyl (C=O) groups excluding carboxylic acids is 4. The standard InChI is InChI=1S/C30H30N2O5/c1-15-12-17(13-16(2)25(15)33)24-19-10-11-20-23(28(36)31(4)26(20)34)21(19)14-22-27(35)32(29(37)30(22,24)3)18-8-6-5-7-9-18/h5-10,12-13,20-24,33H,11,14H2,1-4H3/t20-,21+,22-,23-,24-,30+/m0/s1. The maximum absolute atomic E-state index is 14.3. The van der Waals surface area contributed by atoms with E-state index in [9.17, 15) is 24.3 Å². The fraction of sp³-hybridized carbons (Fsp3) is 0.400. The van der Waals surface area contributed by atoms with Crippen molar-refractivity contribution in [2.45, 2.75) is 39.5 Å². The van der Waals surface area contributed by atoms with Crippen molar-refractivity contribution in [3.8, 4) is 5.75 Å². The number of aromatic hydroxyl groups is 1. The van der Waals surface area contributed by atoms with E-state index < -0.39 is 29.1 Å². The second-order valence-corrected chi connectivity index (χ2v) is 11.2.